The number of aromatic nitrogens is 3. The van der Waals surface area contributed by atoms with Crippen molar-refractivity contribution in [3.05, 3.63) is 50.6 Å². The Morgan fingerprint density at radius 3 is 2.85 bits per heavy atom. The average molecular weight is 420 g/mol. The second-order valence-corrected chi connectivity index (χ2v) is 6.01. The van der Waals surface area contributed by atoms with Gasteiger partial charge in [0, 0.05) is 23.1 Å². The molecule has 0 aliphatic carbocycles. The molecule has 3 rings (SSSR count). The normalized spacial score (nSPS) is 11.0. The van der Waals surface area contributed by atoms with Gasteiger partial charge in [-0.15, -0.1) is 0 Å². The third kappa shape index (κ3) is 2.53. The zero-order valence-electron chi connectivity index (χ0n) is 9.74. The molecule has 2 heterocycles. The van der Waals surface area contributed by atoms with Crippen LogP contribution in [0.5, 0.6) is 0 Å². The van der Waals surface area contributed by atoms with E-state index in [1.807, 2.05) is 4.40 Å². The van der Waals surface area contributed by atoms with Crippen LogP contribution in [0.25, 0.3) is 5.65 Å². The van der Waals surface area contributed by atoms with Gasteiger partial charge in [0.15, 0.2) is 11.5 Å². The summed E-state index contributed by atoms with van der Waals surface area (Å²) in [5, 5.41) is 3.32. The molecule has 0 unspecified atom stereocenters. The van der Waals surface area contributed by atoms with Crippen LogP contribution in [0, 0.1) is 5.82 Å². The number of halogens is 4. The Kier molecular flexibility index (Phi) is 3.66. The maximum atomic E-state index is 13.2. The maximum absolute atomic E-state index is 13.2. The predicted octanol–water partition coefficient (Wildman–Crippen LogP) is 4.79. The van der Waals surface area contributed by atoms with Gasteiger partial charge in [-0.3, -0.25) is 0 Å². The van der Waals surface area contributed by atoms with Crippen LogP contribution in [0.2, 0.25) is 5.02 Å². The highest BCUT2D eigenvalue weighted by atomic mass is 79.9. The van der Waals surface area contributed by atoms with E-state index in [-0.39, 0.29) is 5.02 Å². The SMILES string of the molecule is Fc1cc(Cl)c(Nc2nc(Br)cn3ccnc23)c(Br)c1. The van der Waals surface area contributed by atoms with Crippen LogP contribution in [0.15, 0.2) is 39.8 Å². The molecule has 1 aromatic carbocycles. The van der Waals surface area contributed by atoms with Crippen molar-refractivity contribution in [3.8, 4) is 0 Å². The summed E-state index contributed by atoms with van der Waals surface area (Å²) in [6.07, 6.45) is 5.25. The summed E-state index contributed by atoms with van der Waals surface area (Å²) in [5.41, 5.74) is 1.17. The van der Waals surface area contributed by atoms with Crippen LogP contribution in [0.4, 0.5) is 15.9 Å². The second kappa shape index (κ2) is 5.31. The van der Waals surface area contributed by atoms with E-state index in [1.54, 1.807) is 18.6 Å². The molecule has 0 amide bonds. The van der Waals surface area contributed by atoms with Gasteiger partial charge < -0.3 is 9.72 Å². The van der Waals surface area contributed by atoms with Gasteiger partial charge in [0.25, 0.3) is 0 Å². The zero-order chi connectivity index (χ0) is 14.3. The number of benzene rings is 1. The quantitative estimate of drug-likeness (QED) is 0.648. The van der Waals surface area contributed by atoms with E-state index in [1.165, 1.54) is 12.1 Å². The molecule has 1 N–H and O–H groups in total. The van der Waals surface area contributed by atoms with Gasteiger partial charge >= 0.3 is 0 Å². The molecule has 4 nitrogen and oxygen atoms in total. The van der Waals surface area contributed by atoms with Gasteiger partial charge in [-0.2, -0.15) is 0 Å². The van der Waals surface area contributed by atoms with Crippen LogP contribution in [0.3, 0.4) is 0 Å². The number of hydrogen-bond donors (Lipinski definition) is 1. The average Bonchev–Trinajstić information content (AvgIpc) is 2.81. The molecule has 3 aromatic rings. The Morgan fingerprint density at radius 2 is 2.10 bits per heavy atom. The number of fused-ring (bicyclic) bond motifs is 1. The fraction of sp³-hybridized carbons (Fsp3) is 0. The molecule has 0 saturated heterocycles. The van der Waals surface area contributed by atoms with Crippen molar-refractivity contribution in [1.29, 1.82) is 0 Å². The first-order chi connectivity index (χ1) is 9.54. The molecule has 0 aliphatic heterocycles. The summed E-state index contributed by atoms with van der Waals surface area (Å²) in [5.74, 6) is 0.0965. The molecular formula is C12H6Br2ClFN4. The number of hydrogen-bond acceptors (Lipinski definition) is 3. The van der Waals surface area contributed by atoms with Gasteiger partial charge in [-0.05, 0) is 44.0 Å². The summed E-state index contributed by atoms with van der Waals surface area (Å²) in [6, 6.07) is 2.56. The lowest BCUT2D eigenvalue weighted by atomic mass is 10.3. The van der Waals surface area contributed by atoms with Crippen LogP contribution in [0.1, 0.15) is 0 Å². The minimum absolute atomic E-state index is 0.253. The van der Waals surface area contributed by atoms with Crippen LogP contribution >= 0.6 is 43.5 Å². The Morgan fingerprint density at radius 1 is 1.30 bits per heavy atom. The molecule has 0 spiro atoms. The van der Waals surface area contributed by atoms with Crippen molar-refractivity contribution >= 4 is 60.6 Å². The Hall–Kier alpha value is -1.18. The molecule has 0 fully saturated rings. The first-order valence-corrected chi connectivity index (χ1v) is 7.42. The first kappa shape index (κ1) is 13.8. The van der Waals surface area contributed by atoms with Crippen molar-refractivity contribution in [3.63, 3.8) is 0 Å². The topological polar surface area (TPSA) is 42.2 Å². The van der Waals surface area contributed by atoms with Gasteiger partial charge in [0.1, 0.15) is 10.4 Å². The second-order valence-electron chi connectivity index (χ2n) is 3.94. The maximum Gasteiger partial charge on any atom is 0.180 e. The number of anilines is 2. The lowest BCUT2D eigenvalue weighted by Crippen LogP contribution is -2.00. The summed E-state index contributed by atoms with van der Waals surface area (Å²) < 4.78 is 16.2. The summed E-state index contributed by atoms with van der Waals surface area (Å²) in [4.78, 5) is 8.54. The fourth-order valence-electron chi connectivity index (χ4n) is 1.76. The lowest BCUT2D eigenvalue weighted by Gasteiger charge is -2.11. The summed E-state index contributed by atoms with van der Waals surface area (Å²) in [6.45, 7) is 0. The molecule has 0 aliphatic rings. The van der Waals surface area contributed by atoms with Gasteiger partial charge in [0.05, 0.1) is 10.7 Å². The van der Waals surface area contributed by atoms with Crippen LogP contribution in [-0.4, -0.2) is 14.4 Å². The molecule has 8 heteroatoms. The van der Waals surface area contributed by atoms with E-state index >= 15 is 0 Å². The minimum atomic E-state index is -0.416. The van der Waals surface area contributed by atoms with Crippen molar-refractivity contribution in [2.45, 2.75) is 0 Å². The van der Waals surface area contributed by atoms with E-state index in [9.17, 15) is 4.39 Å². The van der Waals surface area contributed by atoms with E-state index < -0.39 is 5.82 Å². The van der Waals surface area contributed by atoms with E-state index in [0.717, 1.165) is 0 Å². The van der Waals surface area contributed by atoms with Crippen molar-refractivity contribution in [2.75, 3.05) is 5.32 Å². The van der Waals surface area contributed by atoms with Crippen molar-refractivity contribution in [2.24, 2.45) is 0 Å². The minimum Gasteiger partial charge on any atom is -0.335 e. The van der Waals surface area contributed by atoms with E-state index in [0.29, 0.717) is 26.2 Å². The molecule has 2 aromatic heterocycles. The summed E-state index contributed by atoms with van der Waals surface area (Å²) in [7, 11) is 0. The Balaban J connectivity index is 2.12. The molecule has 20 heavy (non-hydrogen) atoms. The van der Waals surface area contributed by atoms with Gasteiger partial charge in [-0.1, -0.05) is 11.6 Å². The molecule has 0 atom stereocenters. The fourth-order valence-corrected chi connectivity index (χ4v) is 3.06. The third-order valence-corrected chi connectivity index (χ3v) is 3.90. The third-order valence-electron chi connectivity index (χ3n) is 2.59. The van der Waals surface area contributed by atoms with Gasteiger partial charge in [0.2, 0.25) is 0 Å². The van der Waals surface area contributed by atoms with Crippen LogP contribution in [-0.2, 0) is 0 Å². The molecule has 0 bridgehead atoms. The molecule has 0 saturated carbocycles. The lowest BCUT2D eigenvalue weighted by molar-refractivity contribution is 0.627. The number of imidazole rings is 1. The Labute approximate surface area is 135 Å². The highest BCUT2D eigenvalue weighted by molar-refractivity contribution is 9.10. The van der Waals surface area contributed by atoms with E-state index in [2.05, 4.69) is 47.1 Å². The van der Waals surface area contributed by atoms with Crippen molar-refractivity contribution in [1.82, 2.24) is 14.4 Å². The van der Waals surface area contributed by atoms with Crippen LogP contribution < -0.4 is 5.32 Å². The highest BCUT2D eigenvalue weighted by Gasteiger charge is 2.12. The number of rotatable bonds is 2. The Bertz CT molecular complexity index is 782. The van der Waals surface area contributed by atoms with E-state index in [4.69, 9.17) is 11.6 Å². The van der Waals surface area contributed by atoms with Crippen molar-refractivity contribution < 1.29 is 4.39 Å². The summed E-state index contributed by atoms with van der Waals surface area (Å²) >= 11 is 12.7. The monoisotopic (exact) mass is 418 g/mol. The highest BCUT2D eigenvalue weighted by Crippen LogP contribution is 2.34. The zero-order valence-corrected chi connectivity index (χ0v) is 13.7. The first-order valence-electron chi connectivity index (χ1n) is 5.45. The standard InChI is InChI=1S/C12H6Br2ClFN4/c13-7-3-6(16)4-8(15)10(7)19-11-12-17-1-2-20(12)5-9(14)18-11/h1-5H,(H,18,19). The molecular weight excluding hydrogens is 414 g/mol. The molecule has 102 valence electrons. The smallest absolute Gasteiger partial charge is 0.180 e. The number of nitrogens with one attached hydrogen (secondary N) is 1. The predicted molar refractivity (Wildman–Crippen MR) is 83.1 cm³/mol. The van der Waals surface area contributed by atoms with Gasteiger partial charge in [-0.25, -0.2) is 14.4 Å². The molecule has 0 radical (unpaired) electrons. The number of nitrogens with zero attached hydrogens (tertiary/aromatic N) is 3. The largest absolute Gasteiger partial charge is 0.335 e.